The summed E-state index contributed by atoms with van der Waals surface area (Å²) in [6.07, 6.45) is 1.78. The van der Waals surface area contributed by atoms with Crippen molar-refractivity contribution in [3.63, 3.8) is 0 Å². The molecule has 0 atom stereocenters. The van der Waals surface area contributed by atoms with Crippen molar-refractivity contribution >= 4 is 34.7 Å². The first-order chi connectivity index (χ1) is 13.8. The highest BCUT2D eigenvalue weighted by molar-refractivity contribution is 7.98. The number of rotatable bonds is 8. The summed E-state index contributed by atoms with van der Waals surface area (Å²) in [5.41, 5.74) is 2.51. The van der Waals surface area contributed by atoms with Crippen molar-refractivity contribution in [2.24, 2.45) is 0 Å². The molecule has 0 bridgehead atoms. The Hall–Kier alpha value is -2.08. The van der Waals surface area contributed by atoms with Gasteiger partial charge in [-0.1, -0.05) is 71.9 Å². The van der Waals surface area contributed by atoms with Gasteiger partial charge in [-0.3, -0.25) is 0 Å². The summed E-state index contributed by atoms with van der Waals surface area (Å²) in [7, 11) is 0. The van der Waals surface area contributed by atoms with Crippen LogP contribution < -0.4 is 0 Å². The quantitative estimate of drug-likeness (QED) is 0.318. The molecule has 4 rings (SSSR count). The van der Waals surface area contributed by atoms with Crippen molar-refractivity contribution in [2.75, 3.05) is 0 Å². The summed E-state index contributed by atoms with van der Waals surface area (Å²) < 4.78 is 2.27. The number of thiophene rings is 1. The summed E-state index contributed by atoms with van der Waals surface area (Å²) in [5.74, 6) is 1.84. The molecule has 4 aromatic rings. The fraction of sp³-hybridized carbons (Fsp3) is 0.182. The van der Waals surface area contributed by atoms with E-state index in [2.05, 4.69) is 68.7 Å². The zero-order chi connectivity index (χ0) is 19.2. The third-order valence-corrected chi connectivity index (χ3v) is 6.58. The minimum absolute atomic E-state index is 0.766. The van der Waals surface area contributed by atoms with Gasteiger partial charge in [0.25, 0.3) is 0 Å². The average molecular weight is 426 g/mol. The Morgan fingerprint density at radius 1 is 0.929 bits per heavy atom. The van der Waals surface area contributed by atoms with E-state index in [1.165, 1.54) is 16.0 Å². The number of hydrogen-bond donors (Lipinski definition) is 0. The van der Waals surface area contributed by atoms with E-state index < -0.39 is 0 Å². The Bertz CT molecular complexity index is 1010. The fourth-order valence-corrected chi connectivity index (χ4v) is 4.85. The minimum atomic E-state index is 0.766. The third kappa shape index (κ3) is 5.04. The van der Waals surface area contributed by atoms with Gasteiger partial charge in [-0.15, -0.1) is 21.5 Å². The molecule has 0 radical (unpaired) electrons. The minimum Gasteiger partial charge on any atom is -0.305 e. The van der Waals surface area contributed by atoms with Gasteiger partial charge in [-0.05, 0) is 41.1 Å². The van der Waals surface area contributed by atoms with E-state index in [1.807, 2.05) is 18.2 Å². The zero-order valence-electron chi connectivity index (χ0n) is 15.3. The lowest BCUT2D eigenvalue weighted by molar-refractivity contribution is 0.610. The van der Waals surface area contributed by atoms with E-state index in [9.17, 15) is 0 Å². The Morgan fingerprint density at radius 3 is 2.57 bits per heavy atom. The van der Waals surface area contributed by atoms with Gasteiger partial charge in [0.1, 0.15) is 5.82 Å². The van der Waals surface area contributed by atoms with E-state index in [-0.39, 0.29) is 0 Å². The second-order valence-corrected chi connectivity index (χ2v) is 8.87. The highest BCUT2D eigenvalue weighted by atomic mass is 35.5. The molecule has 28 heavy (non-hydrogen) atoms. The van der Waals surface area contributed by atoms with Crippen molar-refractivity contribution in [1.29, 1.82) is 0 Å². The van der Waals surface area contributed by atoms with E-state index >= 15 is 0 Å². The van der Waals surface area contributed by atoms with Gasteiger partial charge in [0.05, 0.1) is 0 Å². The molecule has 2 aromatic heterocycles. The standard InChI is InChI=1S/C22H20ClN3S2/c23-19-9-4-8-18(14-19)16-28-22-25-24-21(15-20-10-5-13-27-20)26(22)12-11-17-6-2-1-3-7-17/h1-10,13-14H,11-12,15-16H2. The Morgan fingerprint density at radius 2 is 1.79 bits per heavy atom. The van der Waals surface area contributed by atoms with Crippen molar-refractivity contribution in [2.45, 2.75) is 30.3 Å². The van der Waals surface area contributed by atoms with Crippen molar-refractivity contribution in [3.05, 3.63) is 99.0 Å². The van der Waals surface area contributed by atoms with E-state index in [0.29, 0.717) is 0 Å². The molecule has 6 heteroatoms. The fourth-order valence-electron chi connectivity index (χ4n) is 3.01. The summed E-state index contributed by atoms with van der Waals surface area (Å²) in [6, 6.07) is 22.8. The molecule has 0 saturated heterocycles. The number of aryl methyl sites for hydroxylation is 1. The smallest absolute Gasteiger partial charge is 0.191 e. The monoisotopic (exact) mass is 425 g/mol. The number of thioether (sulfide) groups is 1. The molecule has 0 saturated carbocycles. The van der Waals surface area contributed by atoms with Crippen molar-refractivity contribution < 1.29 is 0 Å². The van der Waals surface area contributed by atoms with Crippen LogP contribution >= 0.6 is 34.7 Å². The second kappa shape index (κ2) is 9.41. The van der Waals surface area contributed by atoms with Gasteiger partial charge in [0.2, 0.25) is 0 Å². The second-order valence-electron chi connectivity index (χ2n) is 6.46. The van der Waals surface area contributed by atoms with Crippen LogP contribution in [0.4, 0.5) is 0 Å². The van der Waals surface area contributed by atoms with Crippen LogP contribution in [0.3, 0.4) is 0 Å². The highest BCUT2D eigenvalue weighted by Crippen LogP contribution is 2.25. The molecule has 3 nitrogen and oxygen atoms in total. The molecule has 0 spiro atoms. The lowest BCUT2D eigenvalue weighted by atomic mass is 10.1. The van der Waals surface area contributed by atoms with Gasteiger partial charge >= 0.3 is 0 Å². The first-order valence-corrected chi connectivity index (χ1v) is 11.4. The summed E-state index contributed by atoms with van der Waals surface area (Å²) >= 11 is 9.59. The SMILES string of the molecule is Clc1cccc(CSc2nnc(Cc3cccs3)n2CCc2ccccc2)c1. The third-order valence-electron chi connectivity index (χ3n) is 4.43. The van der Waals surface area contributed by atoms with Crippen LogP contribution in [0.2, 0.25) is 5.02 Å². The number of aromatic nitrogens is 3. The van der Waals surface area contributed by atoms with Crippen molar-refractivity contribution in [3.8, 4) is 0 Å². The summed E-state index contributed by atoms with van der Waals surface area (Å²) in [5, 5.41) is 12.8. The summed E-state index contributed by atoms with van der Waals surface area (Å²) in [4.78, 5) is 1.31. The molecular formula is C22H20ClN3S2. The Labute approximate surface area is 178 Å². The molecule has 2 aromatic carbocycles. The van der Waals surface area contributed by atoms with Crippen molar-refractivity contribution in [1.82, 2.24) is 14.8 Å². The number of nitrogens with zero attached hydrogens (tertiary/aromatic N) is 3. The molecule has 142 valence electrons. The molecule has 0 unspecified atom stereocenters. The van der Waals surface area contributed by atoms with Crippen LogP contribution in [0, 0.1) is 0 Å². The molecule has 2 heterocycles. The maximum absolute atomic E-state index is 6.12. The highest BCUT2D eigenvalue weighted by Gasteiger charge is 2.14. The topological polar surface area (TPSA) is 30.7 Å². The molecule has 0 aliphatic carbocycles. The number of hydrogen-bond acceptors (Lipinski definition) is 4. The Kier molecular flexibility index (Phi) is 6.47. The molecule has 0 aliphatic rings. The van der Waals surface area contributed by atoms with Crippen LogP contribution in [-0.2, 0) is 25.1 Å². The predicted molar refractivity (Wildman–Crippen MR) is 118 cm³/mol. The van der Waals surface area contributed by atoms with Gasteiger partial charge < -0.3 is 4.57 Å². The van der Waals surface area contributed by atoms with E-state index in [4.69, 9.17) is 11.6 Å². The zero-order valence-corrected chi connectivity index (χ0v) is 17.7. The molecule has 0 fully saturated rings. The molecular weight excluding hydrogens is 406 g/mol. The average Bonchev–Trinajstić information content (AvgIpc) is 3.36. The maximum atomic E-state index is 6.12. The van der Waals surface area contributed by atoms with Gasteiger partial charge in [0.15, 0.2) is 5.16 Å². The van der Waals surface area contributed by atoms with Crippen LogP contribution in [0.25, 0.3) is 0 Å². The van der Waals surface area contributed by atoms with Crippen LogP contribution in [0.15, 0.2) is 77.3 Å². The lowest BCUT2D eigenvalue weighted by Crippen LogP contribution is -2.08. The normalized spacial score (nSPS) is 11.0. The summed E-state index contributed by atoms with van der Waals surface area (Å²) in [6.45, 7) is 0.871. The first-order valence-electron chi connectivity index (χ1n) is 9.13. The molecule has 0 N–H and O–H groups in total. The first kappa shape index (κ1) is 19.2. The van der Waals surface area contributed by atoms with Crippen LogP contribution in [0.1, 0.15) is 21.8 Å². The number of benzene rings is 2. The maximum Gasteiger partial charge on any atom is 0.191 e. The Balaban J connectivity index is 1.53. The van der Waals surface area contributed by atoms with Crippen LogP contribution in [-0.4, -0.2) is 14.8 Å². The molecule has 0 amide bonds. The van der Waals surface area contributed by atoms with E-state index in [0.717, 1.165) is 41.1 Å². The van der Waals surface area contributed by atoms with Gasteiger partial charge in [-0.2, -0.15) is 0 Å². The lowest BCUT2D eigenvalue weighted by Gasteiger charge is -2.10. The van der Waals surface area contributed by atoms with Gasteiger partial charge in [0, 0.05) is 28.6 Å². The largest absolute Gasteiger partial charge is 0.305 e. The predicted octanol–water partition coefficient (Wildman–Crippen LogP) is 6.12. The van der Waals surface area contributed by atoms with Gasteiger partial charge in [-0.25, -0.2) is 0 Å². The number of halogens is 1. The van der Waals surface area contributed by atoms with Crippen LogP contribution in [0.5, 0.6) is 0 Å². The molecule has 0 aliphatic heterocycles. The van der Waals surface area contributed by atoms with E-state index in [1.54, 1.807) is 23.1 Å².